The van der Waals surface area contributed by atoms with Gasteiger partial charge in [-0.05, 0) is 6.92 Å². The first-order chi connectivity index (χ1) is 8.78. The Morgan fingerprint density at radius 2 is 2.22 bits per heavy atom. The van der Waals surface area contributed by atoms with Gasteiger partial charge in [0.2, 0.25) is 5.13 Å². The van der Waals surface area contributed by atoms with Crippen molar-refractivity contribution < 1.29 is 0 Å². The van der Waals surface area contributed by atoms with Crippen LogP contribution in [-0.4, -0.2) is 26.3 Å². The van der Waals surface area contributed by atoms with Gasteiger partial charge >= 0.3 is 0 Å². The number of hydrogen-bond donors (Lipinski definition) is 1. The highest BCUT2D eigenvalue weighted by atomic mass is 32.1. The van der Waals surface area contributed by atoms with Gasteiger partial charge in [0.15, 0.2) is 11.4 Å². The van der Waals surface area contributed by atoms with E-state index in [0.29, 0.717) is 6.54 Å². The molecule has 2 heterocycles. The minimum absolute atomic E-state index is 0.133. The molecule has 0 radical (unpaired) electrons. The molecule has 2 aromatic heterocycles. The molecule has 0 spiro atoms. The van der Waals surface area contributed by atoms with Gasteiger partial charge in [0, 0.05) is 6.54 Å². The summed E-state index contributed by atoms with van der Waals surface area (Å²) in [5.41, 5.74) is 0.381. The van der Waals surface area contributed by atoms with Crippen LogP contribution < -0.4 is 5.32 Å². The SMILES string of the molecule is CCNc1nnc(Cn2cnc(C#N)c2C#N)s1. The van der Waals surface area contributed by atoms with Crippen molar-refractivity contribution in [1.82, 2.24) is 19.7 Å². The van der Waals surface area contributed by atoms with Crippen LogP contribution in [0.5, 0.6) is 0 Å². The van der Waals surface area contributed by atoms with Crippen molar-refractivity contribution in [3.05, 3.63) is 22.7 Å². The number of imidazole rings is 1. The molecule has 0 aliphatic rings. The second kappa shape index (κ2) is 5.25. The molecule has 0 bridgehead atoms. The first-order valence-corrected chi connectivity index (χ1v) is 6.01. The highest BCUT2D eigenvalue weighted by Crippen LogP contribution is 2.17. The van der Waals surface area contributed by atoms with Crippen molar-refractivity contribution in [2.75, 3.05) is 11.9 Å². The van der Waals surface area contributed by atoms with Crippen LogP contribution in [0.25, 0.3) is 0 Å². The molecular formula is C10H9N7S. The molecule has 0 aliphatic heterocycles. The lowest BCUT2D eigenvalue weighted by Crippen LogP contribution is -2.01. The van der Waals surface area contributed by atoms with E-state index in [1.54, 1.807) is 4.57 Å². The van der Waals surface area contributed by atoms with Crippen LogP contribution >= 0.6 is 11.3 Å². The fourth-order valence-corrected chi connectivity index (χ4v) is 2.19. The molecule has 0 saturated heterocycles. The fraction of sp³-hybridized carbons (Fsp3) is 0.300. The van der Waals surface area contributed by atoms with E-state index in [1.807, 2.05) is 19.1 Å². The zero-order chi connectivity index (χ0) is 13.0. The van der Waals surface area contributed by atoms with Crippen LogP contribution in [0.1, 0.15) is 23.3 Å². The van der Waals surface area contributed by atoms with E-state index in [4.69, 9.17) is 10.5 Å². The molecule has 0 fully saturated rings. The smallest absolute Gasteiger partial charge is 0.205 e. The Hall–Kier alpha value is -2.45. The van der Waals surface area contributed by atoms with E-state index in [0.717, 1.165) is 16.7 Å². The van der Waals surface area contributed by atoms with Crippen LogP contribution in [0.4, 0.5) is 5.13 Å². The molecule has 0 atom stereocenters. The summed E-state index contributed by atoms with van der Waals surface area (Å²) in [6.07, 6.45) is 1.46. The van der Waals surface area contributed by atoms with Gasteiger partial charge in [-0.3, -0.25) is 0 Å². The highest BCUT2D eigenvalue weighted by molar-refractivity contribution is 7.15. The number of nitrogens with one attached hydrogen (secondary N) is 1. The lowest BCUT2D eigenvalue weighted by molar-refractivity contribution is 0.767. The molecule has 8 heteroatoms. The molecular weight excluding hydrogens is 250 g/mol. The third kappa shape index (κ3) is 2.29. The van der Waals surface area contributed by atoms with Crippen LogP contribution in [0.3, 0.4) is 0 Å². The first kappa shape index (κ1) is 12.0. The Bertz CT molecular complexity index is 627. The summed E-state index contributed by atoms with van der Waals surface area (Å²) in [6.45, 7) is 3.15. The normalized spacial score (nSPS) is 9.72. The van der Waals surface area contributed by atoms with Crippen molar-refractivity contribution in [2.45, 2.75) is 13.5 Å². The molecule has 0 aromatic carbocycles. The average Bonchev–Trinajstić information content (AvgIpc) is 2.97. The van der Waals surface area contributed by atoms with Crippen LogP contribution in [0.2, 0.25) is 0 Å². The van der Waals surface area contributed by atoms with Crippen molar-refractivity contribution in [3.63, 3.8) is 0 Å². The molecule has 18 heavy (non-hydrogen) atoms. The minimum atomic E-state index is 0.133. The van der Waals surface area contributed by atoms with Gasteiger partial charge in [-0.1, -0.05) is 11.3 Å². The number of anilines is 1. The predicted molar refractivity (Wildman–Crippen MR) is 64.8 cm³/mol. The van der Waals surface area contributed by atoms with Crippen LogP contribution in [-0.2, 0) is 6.54 Å². The summed E-state index contributed by atoms with van der Waals surface area (Å²) < 4.78 is 1.59. The Kier molecular flexibility index (Phi) is 3.51. The average molecular weight is 259 g/mol. The Morgan fingerprint density at radius 3 is 2.89 bits per heavy atom. The summed E-state index contributed by atoms with van der Waals surface area (Å²) in [4.78, 5) is 3.86. The maximum atomic E-state index is 8.98. The van der Waals surface area contributed by atoms with Gasteiger partial charge in [0.05, 0.1) is 12.9 Å². The molecule has 90 valence electrons. The third-order valence-electron chi connectivity index (χ3n) is 2.15. The lowest BCUT2D eigenvalue weighted by Gasteiger charge is -1.98. The summed E-state index contributed by atoms with van der Waals surface area (Å²) in [7, 11) is 0. The zero-order valence-electron chi connectivity index (χ0n) is 9.58. The minimum Gasteiger partial charge on any atom is -0.360 e. The monoisotopic (exact) mass is 259 g/mol. The van der Waals surface area contributed by atoms with E-state index in [2.05, 4.69) is 20.5 Å². The van der Waals surface area contributed by atoms with Crippen molar-refractivity contribution in [3.8, 4) is 12.1 Å². The van der Waals surface area contributed by atoms with Crippen molar-refractivity contribution in [2.24, 2.45) is 0 Å². The van der Waals surface area contributed by atoms with Crippen LogP contribution in [0, 0.1) is 22.7 Å². The van der Waals surface area contributed by atoms with Gasteiger partial charge < -0.3 is 9.88 Å². The van der Waals surface area contributed by atoms with Gasteiger partial charge in [-0.2, -0.15) is 10.5 Å². The van der Waals surface area contributed by atoms with E-state index in [9.17, 15) is 0 Å². The number of nitrogens with zero attached hydrogens (tertiary/aromatic N) is 6. The zero-order valence-corrected chi connectivity index (χ0v) is 10.4. The van der Waals surface area contributed by atoms with Gasteiger partial charge in [0.1, 0.15) is 17.1 Å². The Labute approximate surface area is 107 Å². The fourth-order valence-electron chi connectivity index (χ4n) is 1.39. The maximum Gasteiger partial charge on any atom is 0.205 e. The quantitative estimate of drug-likeness (QED) is 0.877. The van der Waals surface area contributed by atoms with E-state index < -0.39 is 0 Å². The summed E-state index contributed by atoms with van der Waals surface area (Å²) in [5, 5.41) is 30.3. The summed E-state index contributed by atoms with van der Waals surface area (Å²) in [5.74, 6) is 0. The molecule has 2 rings (SSSR count). The Morgan fingerprint density at radius 1 is 1.39 bits per heavy atom. The van der Waals surface area contributed by atoms with Gasteiger partial charge in [-0.25, -0.2) is 4.98 Å². The maximum absolute atomic E-state index is 8.98. The standard InChI is InChI=1S/C10H9N7S/c1-2-13-10-16-15-9(18-10)5-17-6-14-7(3-11)8(17)4-12/h6H,2,5H2,1H3,(H,13,16). The molecule has 7 nitrogen and oxygen atoms in total. The predicted octanol–water partition coefficient (Wildman–Crippen LogP) is 0.958. The Balaban J connectivity index is 2.21. The van der Waals surface area contributed by atoms with Crippen molar-refractivity contribution >= 4 is 16.5 Å². The molecule has 0 unspecified atom stereocenters. The summed E-state index contributed by atoms with van der Waals surface area (Å²) in [6, 6.07) is 3.84. The first-order valence-electron chi connectivity index (χ1n) is 5.20. The topological polar surface area (TPSA) is 103 Å². The second-order valence-corrected chi connectivity index (χ2v) is 4.39. The number of aromatic nitrogens is 4. The van der Waals surface area contributed by atoms with Gasteiger partial charge in [-0.15, -0.1) is 10.2 Å². The number of rotatable bonds is 4. The highest BCUT2D eigenvalue weighted by Gasteiger charge is 2.12. The number of hydrogen-bond acceptors (Lipinski definition) is 7. The van der Waals surface area contributed by atoms with E-state index in [1.165, 1.54) is 17.7 Å². The second-order valence-electron chi connectivity index (χ2n) is 3.32. The van der Waals surface area contributed by atoms with E-state index >= 15 is 0 Å². The molecule has 0 saturated carbocycles. The van der Waals surface area contributed by atoms with Crippen molar-refractivity contribution in [1.29, 1.82) is 10.5 Å². The third-order valence-corrected chi connectivity index (χ3v) is 3.02. The molecule has 0 aliphatic carbocycles. The van der Waals surface area contributed by atoms with E-state index in [-0.39, 0.29) is 11.4 Å². The molecule has 2 aromatic rings. The largest absolute Gasteiger partial charge is 0.360 e. The number of nitriles is 2. The molecule has 0 amide bonds. The lowest BCUT2D eigenvalue weighted by atomic mass is 10.3. The van der Waals surface area contributed by atoms with Gasteiger partial charge in [0.25, 0.3) is 0 Å². The summed E-state index contributed by atoms with van der Waals surface area (Å²) >= 11 is 1.41. The molecule has 1 N–H and O–H groups in total. The van der Waals surface area contributed by atoms with Crippen LogP contribution in [0.15, 0.2) is 6.33 Å².